The van der Waals surface area contributed by atoms with Crippen LogP contribution < -0.4 is 0 Å². The molecule has 0 heterocycles. The maximum atomic E-state index is 11.6. The number of ether oxygens (including phenoxy) is 1. The van der Waals surface area contributed by atoms with Crippen LogP contribution in [-0.4, -0.2) is 12.6 Å². The van der Waals surface area contributed by atoms with E-state index in [4.69, 9.17) is 4.74 Å². The minimum Gasteiger partial charge on any atom is -0.462 e. The van der Waals surface area contributed by atoms with Crippen molar-refractivity contribution in [2.24, 2.45) is 0 Å². The predicted octanol–water partition coefficient (Wildman–Crippen LogP) is 3.35. The Labute approximate surface area is 102 Å². The van der Waals surface area contributed by atoms with Crippen molar-refractivity contribution < 1.29 is 9.53 Å². The van der Waals surface area contributed by atoms with Gasteiger partial charge in [0.2, 0.25) is 0 Å². The molecule has 1 aliphatic rings. The molecular weight excluding hydrogens is 212 g/mol. The van der Waals surface area contributed by atoms with Gasteiger partial charge in [0.15, 0.2) is 0 Å². The molecule has 2 heteroatoms. The first kappa shape index (κ1) is 11.6. The van der Waals surface area contributed by atoms with E-state index in [1.807, 2.05) is 37.3 Å². The van der Waals surface area contributed by atoms with Gasteiger partial charge in [-0.1, -0.05) is 36.4 Å². The van der Waals surface area contributed by atoms with Crippen LogP contribution in [0, 0.1) is 0 Å². The summed E-state index contributed by atoms with van der Waals surface area (Å²) in [4.78, 5) is 11.6. The molecule has 0 radical (unpaired) electrons. The van der Waals surface area contributed by atoms with Crippen molar-refractivity contribution in [3.8, 4) is 0 Å². The molecule has 0 amide bonds. The molecule has 0 saturated heterocycles. The van der Waals surface area contributed by atoms with E-state index < -0.39 is 0 Å². The van der Waals surface area contributed by atoms with Crippen molar-refractivity contribution in [2.45, 2.75) is 19.8 Å². The number of carbonyl (C=O) groups is 1. The van der Waals surface area contributed by atoms with Crippen LogP contribution in [0.2, 0.25) is 0 Å². The molecule has 17 heavy (non-hydrogen) atoms. The first-order chi connectivity index (χ1) is 8.31. The van der Waals surface area contributed by atoms with Gasteiger partial charge in [0.05, 0.1) is 12.2 Å². The Morgan fingerprint density at radius 2 is 2.06 bits per heavy atom. The summed E-state index contributed by atoms with van der Waals surface area (Å²) in [5.74, 6) is -0.222. The fourth-order valence-corrected chi connectivity index (χ4v) is 1.94. The molecule has 1 aromatic carbocycles. The molecule has 0 aromatic heterocycles. The largest absolute Gasteiger partial charge is 0.462 e. The Kier molecular flexibility index (Phi) is 3.76. The van der Waals surface area contributed by atoms with Gasteiger partial charge in [0, 0.05) is 0 Å². The third kappa shape index (κ3) is 2.84. The zero-order valence-electron chi connectivity index (χ0n) is 9.98. The fourth-order valence-electron chi connectivity index (χ4n) is 1.94. The second-order valence-corrected chi connectivity index (χ2v) is 3.95. The first-order valence-electron chi connectivity index (χ1n) is 5.94. The highest BCUT2D eigenvalue weighted by atomic mass is 16.5. The van der Waals surface area contributed by atoms with Crippen LogP contribution in [0.5, 0.6) is 0 Å². The van der Waals surface area contributed by atoms with E-state index in [0.29, 0.717) is 12.2 Å². The summed E-state index contributed by atoms with van der Waals surface area (Å²) >= 11 is 0. The Morgan fingerprint density at radius 1 is 1.29 bits per heavy atom. The van der Waals surface area contributed by atoms with E-state index in [2.05, 4.69) is 12.1 Å². The number of carbonyl (C=O) groups excluding carboxylic acids is 1. The monoisotopic (exact) mass is 228 g/mol. The van der Waals surface area contributed by atoms with Crippen LogP contribution in [0.3, 0.4) is 0 Å². The highest BCUT2D eigenvalue weighted by molar-refractivity contribution is 5.94. The van der Waals surface area contributed by atoms with Crippen molar-refractivity contribution in [1.29, 1.82) is 0 Å². The molecule has 0 unspecified atom stereocenters. The van der Waals surface area contributed by atoms with E-state index in [-0.39, 0.29) is 5.97 Å². The number of rotatable bonds is 3. The Hall–Kier alpha value is -1.83. The Bertz CT molecular complexity index is 455. The van der Waals surface area contributed by atoms with Gasteiger partial charge in [-0.15, -0.1) is 0 Å². The molecule has 1 aromatic rings. The van der Waals surface area contributed by atoms with E-state index in [1.54, 1.807) is 0 Å². The molecule has 2 nitrogen and oxygen atoms in total. The summed E-state index contributed by atoms with van der Waals surface area (Å²) in [6.07, 6.45) is 5.77. The van der Waals surface area contributed by atoms with Crippen LogP contribution in [0.4, 0.5) is 0 Å². The fraction of sp³-hybridized carbons (Fsp3) is 0.267. The second kappa shape index (κ2) is 5.48. The molecule has 0 fully saturated rings. The molecule has 0 saturated carbocycles. The number of benzene rings is 1. The molecule has 0 N–H and O–H groups in total. The second-order valence-electron chi connectivity index (χ2n) is 3.95. The topological polar surface area (TPSA) is 26.3 Å². The van der Waals surface area contributed by atoms with Gasteiger partial charge < -0.3 is 4.74 Å². The summed E-state index contributed by atoms with van der Waals surface area (Å²) < 4.78 is 5.01. The highest BCUT2D eigenvalue weighted by Gasteiger charge is 2.13. The van der Waals surface area contributed by atoms with Gasteiger partial charge in [0.1, 0.15) is 0 Å². The van der Waals surface area contributed by atoms with E-state index in [0.717, 1.165) is 12.8 Å². The summed E-state index contributed by atoms with van der Waals surface area (Å²) in [5, 5.41) is 0. The van der Waals surface area contributed by atoms with Crippen molar-refractivity contribution >= 4 is 11.5 Å². The van der Waals surface area contributed by atoms with Crippen molar-refractivity contribution in [3.63, 3.8) is 0 Å². The number of esters is 1. The van der Waals surface area contributed by atoms with Crippen molar-refractivity contribution in [3.05, 3.63) is 53.6 Å². The highest BCUT2D eigenvalue weighted by Crippen LogP contribution is 2.26. The molecule has 0 spiro atoms. The molecule has 88 valence electrons. The maximum Gasteiger partial charge on any atom is 0.337 e. The molecule has 2 rings (SSSR count). The van der Waals surface area contributed by atoms with Gasteiger partial charge in [-0.2, -0.15) is 0 Å². The minimum absolute atomic E-state index is 0.222. The summed E-state index contributed by atoms with van der Waals surface area (Å²) in [7, 11) is 0. The van der Waals surface area contributed by atoms with Gasteiger partial charge in [0.25, 0.3) is 0 Å². The van der Waals surface area contributed by atoms with Crippen LogP contribution in [0.15, 0.2) is 48.1 Å². The van der Waals surface area contributed by atoms with Gasteiger partial charge in [-0.25, -0.2) is 4.79 Å². The maximum absolute atomic E-state index is 11.6. The first-order valence-corrected chi connectivity index (χ1v) is 5.94. The standard InChI is InChI=1S/C15H16O2/c1-2-17-15(16)14-10-6-9-13(11-14)12-7-4-3-5-8-12/h3-5,7-8,10-11H,2,6,9H2,1H3. The summed E-state index contributed by atoms with van der Waals surface area (Å²) in [6, 6.07) is 10.2. The van der Waals surface area contributed by atoms with Crippen LogP contribution >= 0.6 is 0 Å². The third-order valence-electron chi connectivity index (χ3n) is 2.76. The molecule has 0 bridgehead atoms. The quantitative estimate of drug-likeness (QED) is 0.741. The van der Waals surface area contributed by atoms with Crippen LogP contribution in [0.1, 0.15) is 25.3 Å². The smallest absolute Gasteiger partial charge is 0.337 e. The lowest BCUT2D eigenvalue weighted by Crippen LogP contribution is -2.08. The average Bonchev–Trinajstić information content (AvgIpc) is 2.40. The lowest BCUT2D eigenvalue weighted by atomic mass is 9.94. The van der Waals surface area contributed by atoms with E-state index >= 15 is 0 Å². The number of hydrogen-bond acceptors (Lipinski definition) is 2. The normalized spacial score (nSPS) is 14.9. The van der Waals surface area contributed by atoms with E-state index in [1.165, 1.54) is 11.1 Å². The summed E-state index contributed by atoms with van der Waals surface area (Å²) in [6.45, 7) is 2.24. The summed E-state index contributed by atoms with van der Waals surface area (Å²) in [5.41, 5.74) is 3.07. The third-order valence-corrected chi connectivity index (χ3v) is 2.76. The zero-order chi connectivity index (χ0) is 12.1. The average molecular weight is 228 g/mol. The van der Waals surface area contributed by atoms with Gasteiger partial charge in [-0.05, 0) is 37.0 Å². The Balaban J connectivity index is 2.21. The minimum atomic E-state index is -0.222. The predicted molar refractivity (Wildman–Crippen MR) is 68.4 cm³/mol. The van der Waals surface area contributed by atoms with Gasteiger partial charge in [-0.3, -0.25) is 0 Å². The molecular formula is C15H16O2. The van der Waals surface area contributed by atoms with Crippen LogP contribution in [-0.2, 0) is 9.53 Å². The zero-order valence-corrected chi connectivity index (χ0v) is 9.98. The Morgan fingerprint density at radius 3 is 2.76 bits per heavy atom. The van der Waals surface area contributed by atoms with Crippen molar-refractivity contribution in [1.82, 2.24) is 0 Å². The number of hydrogen-bond donors (Lipinski definition) is 0. The molecule has 0 atom stereocenters. The molecule has 1 aliphatic carbocycles. The lowest BCUT2D eigenvalue weighted by molar-refractivity contribution is -0.138. The molecule has 0 aliphatic heterocycles. The van der Waals surface area contributed by atoms with Crippen molar-refractivity contribution in [2.75, 3.05) is 6.61 Å². The number of allylic oxidation sites excluding steroid dienone is 2. The van der Waals surface area contributed by atoms with E-state index in [9.17, 15) is 4.79 Å². The SMILES string of the molecule is CCOC(=O)C1=CCCC(c2ccccc2)=C1. The van der Waals surface area contributed by atoms with Crippen LogP contribution in [0.25, 0.3) is 5.57 Å². The lowest BCUT2D eigenvalue weighted by Gasteiger charge is -2.13. The van der Waals surface area contributed by atoms with Gasteiger partial charge >= 0.3 is 5.97 Å².